The normalized spacial score (nSPS) is 20.7. The Kier molecular flexibility index (Phi) is 4.54. The van der Waals surface area contributed by atoms with Crippen LogP contribution in [0.4, 0.5) is 0 Å². The predicted molar refractivity (Wildman–Crippen MR) is 71.3 cm³/mol. The molecule has 2 rings (SSSR count). The van der Waals surface area contributed by atoms with Crippen molar-refractivity contribution in [2.24, 2.45) is 5.92 Å². The van der Waals surface area contributed by atoms with Gasteiger partial charge < -0.3 is 5.32 Å². The van der Waals surface area contributed by atoms with Crippen molar-refractivity contribution in [3.05, 3.63) is 34.3 Å². The SMILES string of the molecule is Brc1ccc(CSCC2CCNC2)cc1. The second-order valence-electron chi connectivity index (χ2n) is 4.00. The van der Waals surface area contributed by atoms with Gasteiger partial charge in [0, 0.05) is 10.2 Å². The van der Waals surface area contributed by atoms with E-state index < -0.39 is 0 Å². The lowest BCUT2D eigenvalue weighted by molar-refractivity contribution is 0.662. The predicted octanol–water partition coefficient (Wildman–Crippen LogP) is 3.29. The van der Waals surface area contributed by atoms with Crippen molar-refractivity contribution in [1.29, 1.82) is 0 Å². The number of hydrogen-bond donors (Lipinski definition) is 1. The van der Waals surface area contributed by atoms with Crippen LogP contribution in [0, 0.1) is 5.92 Å². The molecule has 0 bridgehead atoms. The molecule has 1 aromatic carbocycles. The summed E-state index contributed by atoms with van der Waals surface area (Å²) in [6.07, 6.45) is 1.35. The van der Waals surface area contributed by atoms with Crippen molar-refractivity contribution in [1.82, 2.24) is 5.32 Å². The molecule has 0 aliphatic carbocycles. The third-order valence-corrected chi connectivity index (χ3v) is 4.47. The average molecular weight is 286 g/mol. The number of halogens is 1. The van der Waals surface area contributed by atoms with E-state index in [2.05, 4.69) is 57.3 Å². The van der Waals surface area contributed by atoms with Crippen LogP contribution in [-0.2, 0) is 5.75 Å². The number of nitrogens with one attached hydrogen (secondary N) is 1. The van der Waals surface area contributed by atoms with Crippen molar-refractivity contribution in [2.75, 3.05) is 18.8 Å². The van der Waals surface area contributed by atoms with Gasteiger partial charge in [0.25, 0.3) is 0 Å². The fraction of sp³-hybridized carbons (Fsp3) is 0.500. The van der Waals surface area contributed by atoms with E-state index in [1.54, 1.807) is 0 Å². The minimum atomic E-state index is 0.894. The summed E-state index contributed by atoms with van der Waals surface area (Å²) < 4.78 is 1.16. The standard InChI is InChI=1S/C12H16BrNS/c13-12-3-1-10(2-4-12)8-15-9-11-5-6-14-7-11/h1-4,11,14H,5-9H2. The third kappa shape index (κ3) is 3.82. The molecule has 15 heavy (non-hydrogen) atoms. The topological polar surface area (TPSA) is 12.0 Å². The van der Waals surface area contributed by atoms with Crippen molar-refractivity contribution in [3.63, 3.8) is 0 Å². The maximum atomic E-state index is 3.45. The molecular formula is C12H16BrNS. The fourth-order valence-electron chi connectivity index (χ4n) is 1.78. The van der Waals surface area contributed by atoms with E-state index in [1.807, 2.05) is 0 Å². The molecule has 1 heterocycles. The van der Waals surface area contributed by atoms with E-state index in [0.717, 1.165) is 16.1 Å². The van der Waals surface area contributed by atoms with Gasteiger partial charge in [0.2, 0.25) is 0 Å². The first-order chi connectivity index (χ1) is 7.34. The summed E-state index contributed by atoms with van der Waals surface area (Å²) in [5.74, 6) is 3.33. The van der Waals surface area contributed by atoms with Crippen LogP contribution in [0.1, 0.15) is 12.0 Å². The zero-order valence-corrected chi connectivity index (χ0v) is 11.1. The molecule has 1 unspecified atom stereocenters. The van der Waals surface area contributed by atoms with E-state index in [0.29, 0.717) is 0 Å². The van der Waals surface area contributed by atoms with Crippen molar-refractivity contribution in [2.45, 2.75) is 12.2 Å². The number of thioether (sulfide) groups is 1. The molecule has 1 aliphatic heterocycles. The first-order valence-electron chi connectivity index (χ1n) is 5.37. The van der Waals surface area contributed by atoms with Crippen molar-refractivity contribution in [3.8, 4) is 0 Å². The van der Waals surface area contributed by atoms with Crippen LogP contribution in [0.25, 0.3) is 0 Å². The molecule has 0 aromatic heterocycles. The van der Waals surface area contributed by atoms with Gasteiger partial charge >= 0.3 is 0 Å². The molecule has 1 aliphatic rings. The Morgan fingerprint density at radius 2 is 2.13 bits per heavy atom. The molecule has 1 fully saturated rings. The van der Waals surface area contributed by atoms with Crippen LogP contribution in [0.5, 0.6) is 0 Å². The van der Waals surface area contributed by atoms with Gasteiger partial charge in [-0.1, -0.05) is 28.1 Å². The summed E-state index contributed by atoms with van der Waals surface area (Å²) in [4.78, 5) is 0. The van der Waals surface area contributed by atoms with Crippen LogP contribution in [0.3, 0.4) is 0 Å². The first kappa shape index (κ1) is 11.5. The molecule has 0 saturated carbocycles. The average Bonchev–Trinajstić information content (AvgIpc) is 2.74. The van der Waals surface area contributed by atoms with Gasteiger partial charge in [-0.3, -0.25) is 0 Å². The van der Waals surface area contributed by atoms with E-state index >= 15 is 0 Å². The summed E-state index contributed by atoms with van der Waals surface area (Å²) in [6, 6.07) is 8.63. The van der Waals surface area contributed by atoms with Gasteiger partial charge in [-0.2, -0.15) is 11.8 Å². The van der Waals surface area contributed by atoms with Crippen LogP contribution in [-0.4, -0.2) is 18.8 Å². The van der Waals surface area contributed by atoms with Gasteiger partial charge in [0.05, 0.1) is 0 Å². The van der Waals surface area contributed by atoms with Gasteiger partial charge in [0.15, 0.2) is 0 Å². The highest BCUT2D eigenvalue weighted by Crippen LogP contribution is 2.20. The number of hydrogen-bond acceptors (Lipinski definition) is 2. The second-order valence-corrected chi connectivity index (χ2v) is 5.95. The molecule has 3 heteroatoms. The minimum absolute atomic E-state index is 0.894. The Balaban J connectivity index is 1.71. The Morgan fingerprint density at radius 1 is 1.33 bits per heavy atom. The third-order valence-electron chi connectivity index (χ3n) is 2.70. The molecule has 0 radical (unpaired) electrons. The van der Waals surface area contributed by atoms with Crippen molar-refractivity contribution < 1.29 is 0 Å². The molecule has 1 N–H and O–H groups in total. The van der Waals surface area contributed by atoms with Gasteiger partial charge in [-0.25, -0.2) is 0 Å². The van der Waals surface area contributed by atoms with E-state index in [4.69, 9.17) is 0 Å². The fourth-order valence-corrected chi connectivity index (χ4v) is 3.21. The summed E-state index contributed by atoms with van der Waals surface area (Å²) >= 11 is 5.51. The van der Waals surface area contributed by atoms with Crippen LogP contribution >= 0.6 is 27.7 Å². The largest absolute Gasteiger partial charge is 0.316 e. The molecule has 1 saturated heterocycles. The molecule has 82 valence electrons. The quantitative estimate of drug-likeness (QED) is 0.911. The van der Waals surface area contributed by atoms with Crippen LogP contribution in [0.15, 0.2) is 28.7 Å². The van der Waals surface area contributed by atoms with E-state index in [-0.39, 0.29) is 0 Å². The highest BCUT2D eigenvalue weighted by Gasteiger charge is 2.13. The lowest BCUT2D eigenvalue weighted by Gasteiger charge is -2.07. The first-order valence-corrected chi connectivity index (χ1v) is 7.32. The monoisotopic (exact) mass is 285 g/mol. The lowest BCUT2D eigenvalue weighted by atomic mass is 10.2. The zero-order valence-electron chi connectivity index (χ0n) is 8.71. The van der Waals surface area contributed by atoms with E-state index in [1.165, 1.54) is 30.8 Å². The smallest absolute Gasteiger partial charge is 0.0184 e. The highest BCUT2D eigenvalue weighted by atomic mass is 79.9. The lowest BCUT2D eigenvalue weighted by Crippen LogP contribution is -2.10. The van der Waals surface area contributed by atoms with Crippen LogP contribution in [0.2, 0.25) is 0 Å². The molecular weight excluding hydrogens is 270 g/mol. The maximum absolute atomic E-state index is 3.45. The molecule has 0 spiro atoms. The second kappa shape index (κ2) is 5.92. The number of benzene rings is 1. The highest BCUT2D eigenvalue weighted by molar-refractivity contribution is 9.10. The number of rotatable bonds is 4. The van der Waals surface area contributed by atoms with E-state index in [9.17, 15) is 0 Å². The van der Waals surface area contributed by atoms with Crippen LogP contribution < -0.4 is 5.32 Å². The van der Waals surface area contributed by atoms with Gasteiger partial charge in [-0.15, -0.1) is 0 Å². The maximum Gasteiger partial charge on any atom is 0.0184 e. The van der Waals surface area contributed by atoms with Gasteiger partial charge in [0.1, 0.15) is 0 Å². The van der Waals surface area contributed by atoms with Crippen molar-refractivity contribution >= 4 is 27.7 Å². The Hall–Kier alpha value is 0.01000. The minimum Gasteiger partial charge on any atom is -0.316 e. The summed E-state index contributed by atoms with van der Waals surface area (Å²) in [5, 5.41) is 3.41. The molecule has 1 nitrogen and oxygen atoms in total. The Labute approximate surface area is 104 Å². The summed E-state index contributed by atoms with van der Waals surface area (Å²) in [5.41, 5.74) is 1.43. The van der Waals surface area contributed by atoms with Gasteiger partial charge in [-0.05, 0) is 48.9 Å². The summed E-state index contributed by atoms with van der Waals surface area (Å²) in [6.45, 7) is 2.43. The Morgan fingerprint density at radius 3 is 2.80 bits per heavy atom. The summed E-state index contributed by atoms with van der Waals surface area (Å²) in [7, 11) is 0. The molecule has 0 amide bonds. The molecule has 1 aromatic rings. The Bertz CT molecular complexity index is 293. The molecule has 1 atom stereocenters. The zero-order chi connectivity index (χ0) is 10.5.